The van der Waals surface area contributed by atoms with Gasteiger partial charge in [0.15, 0.2) is 0 Å². The third-order valence-electron chi connectivity index (χ3n) is 7.50. The summed E-state index contributed by atoms with van der Waals surface area (Å²) in [5.74, 6) is 0. The molecular weight excluding hydrogens is 541 g/mol. The van der Waals surface area contributed by atoms with E-state index in [2.05, 4.69) is 86.0 Å². The van der Waals surface area contributed by atoms with Crippen molar-refractivity contribution in [3.8, 4) is 0 Å². The highest BCUT2D eigenvalue weighted by atomic mass is 35.5. The molecule has 1 fully saturated rings. The van der Waals surface area contributed by atoms with Crippen molar-refractivity contribution < 1.29 is 9.16 Å². The van der Waals surface area contributed by atoms with Crippen LogP contribution < -0.4 is 10.4 Å². The fraction of sp³-hybridized carbons (Fsp3) is 0.333. The van der Waals surface area contributed by atoms with Crippen LogP contribution in [-0.4, -0.2) is 25.6 Å². The Labute approximate surface area is 235 Å². The van der Waals surface area contributed by atoms with Crippen molar-refractivity contribution >= 4 is 64.4 Å². The number of aromatic nitrogens is 1. The van der Waals surface area contributed by atoms with Crippen LogP contribution in [0.4, 0.5) is 0 Å². The topological polar surface area (TPSA) is 23.4 Å². The van der Waals surface area contributed by atoms with Crippen LogP contribution in [0.25, 0.3) is 10.9 Å². The third-order valence-corrected chi connectivity index (χ3v) is 13.7. The van der Waals surface area contributed by atoms with Crippen molar-refractivity contribution in [3.05, 3.63) is 93.6 Å². The lowest BCUT2D eigenvalue weighted by molar-refractivity contribution is -0.0169. The van der Waals surface area contributed by atoms with E-state index in [0.29, 0.717) is 21.8 Å². The number of ether oxygens (including phenoxy) is 1. The van der Waals surface area contributed by atoms with E-state index in [9.17, 15) is 0 Å². The average Bonchev–Trinajstić information content (AvgIpc) is 3.43. The van der Waals surface area contributed by atoms with Crippen molar-refractivity contribution in [1.29, 1.82) is 0 Å². The zero-order valence-electron chi connectivity index (χ0n) is 21.6. The first-order valence-corrected chi connectivity index (χ1v) is 15.7. The summed E-state index contributed by atoms with van der Waals surface area (Å²) in [5.41, 5.74) is 1.92. The second-order valence-corrected chi connectivity index (χ2v) is 16.3. The Morgan fingerprint density at radius 3 is 2.03 bits per heavy atom. The number of benzene rings is 3. The van der Waals surface area contributed by atoms with Crippen LogP contribution in [0.1, 0.15) is 45.4 Å². The molecule has 2 heterocycles. The summed E-state index contributed by atoms with van der Waals surface area (Å²) in [5, 5.41) is 5.14. The summed E-state index contributed by atoms with van der Waals surface area (Å²) in [4.78, 5) is 0. The van der Waals surface area contributed by atoms with Gasteiger partial charge in [-0.25, -0.2) is 0 Å². The molecule has 0 saturated carbocycles. The maximum Gasteiger partial charge on any atom is 0.261 e. The fourth-order valence-electron chi connectivity index (χ4n) is 5.69. The zero-order chi connectivity index (χ0) is 26.4. The molecule has 1 aromatic heterocycles. The molecule has 0 N–H and O–H groups in total. The van der Waals surface area contributed by atoms with Crippen molar-refractivity contribution in [1.82, 2.24) is 4.57 Å². The molecule has 1 aliphatic heterocycles. The minimum absolute atomic E-state index is 0.0387. The lowest BCUT2D eigenvalue weighted by Crippen LogP contribution is -2.67. The maximum atomic E-state index is 7.13. The minimum Gasteiger partial charge on any atom is -0.405 e. The number of fused-ring (bicyclic) bond motifs is 1. The summed E-state index contributed by atoms with van der Waals surface area (Å²) in [6.07, 6.45) is 1.51. The molecule has 7 heteroatoms. The monoisotopic (exact) mass is 571 g/mol. The Morgan fingerprint density at radius 1 is 0.892 bits per heavy atom. The molecule has 1 aliphatic rings. The van der Waals surface area contributed by atoms with E-state index < -0.39 is 8.32 Å². The molecule has 194 valence electrons. The van der Waals surface area contributed by atoms with E-state index in [1.807, 2.05) is 19.1 Å². The minimum atomic E-state index is -2.63. The molecule has 2 atom stereocenters. The normalized spacial score (nSPS) is 18.6. The van der Waals surface area contributed by atoms with E-state index in [1.54, 1.807) is 0 Å². The first kappa shape index (κ1) is 26.8. The second-order valence-electron chi connectivity index (χ2n) is 10.8. The second kappa shape index (κ2) is 10.4. The van der Waals surface area contributed by atoms with Gasteiger partial charge in [-0.3, -0.25) is 0 Å². The van der Waals surface area contributed by atoms with Gasteiger partial charge >= 0.3 is 0 Å². The van der Waals surface area contributed by atoms with E-state index in [0.717, 1.165) is 29.3 Å². The van der Waals surface area contributed by atoms with Crippen LogP contribution in [0.3, 0.4) is 0 Å². The van der Waals surface area contributed by atoms with Crippen molar-refractivity contribution in [2.24, 2.45) is 0 Å². The van der Waals surface area contributed by atoms with Crippen LogP contribution in [0, 0.1) is 6.92 Å². The fourth-order valence-corrected chi connectivity index (χ4v) is 10.9. The Morgan fingerprint density at radius 2 is 1.46 bits per heavy atom. The largest absolute Gasteiger partial charge is 0.405 e. The highest BCUT2D eigenvalue weighted by Gasteiger charge is 2.50. The molecule has 0 amide bonds. The summed E-state index contributed by atoms with van der Waals surface area (Å²) in [6, 6.07) is 25.2. The third kappa shape index (κ3) is 4.77. The first-order chi connectivity index (χ1) is 17.6. The van der Waals surface area contributed by atoms with Crippen LogP contribution in [-0.2, 0) is 9.16 Å². The van der Waals surface area contributed by atoms with E-state index in [1.165, 1.54) is 10.4 Å². The Balaban J connectivity index is 1.45. The van der Waals surface area contributed by atoms with Gasteiger partial charge in [0.05, 0.1) is 28.3 Å². The number of halogens is 3. The molecule has 37 heavy (non-hydrogen) atoms. The Hall–Kier alpha value is -1.79. The molecule has 0 unspecified atom stereocenters. The number of nitrogens with zero attached hydrogens (tertiary/aromatic N) is 1. The summed E-state index contributed by atoms with van der Waals surface area (Å²) in [6.45, 7) is 9.40. The van der Waals surface area contributed by atoms with E-state index in [-0.39, 0.29) is 17.4 Å². The van der Waals surface area contributed by atoms with Gasteiger partial charge in [-0.15, -0.1) is 0 Å². The molecule has 0 spiro atoms. The lowest BCUT2D eigenvalue weighted by Gasteiger charge is -2.43. The number of hydrogen-bond acceptors (Lipinski definition) is 2. The summed E-state index contributed by atoms with van der Waals surface area (Å²) < 4.78 is 15.8. The zero-order valence-corrected chi connectivity index (χ0v) is 24.9. The number of aryl methyl sites for hydroxylation is 1. The van der Waals surface area contributed by atoms with Crippen LogP contribution >= 0.6 is 34.8 Å². The van der Waals surface area contributed by atoms with E-state index >= 15 is 0 Å². The van der Waals surface area contributed by atoms with Crippen LogP contribution in [0.2, 0.25) is 20.2 Å². The van der Waals surface area contributed by atoms with Gasteiger partial charge in [-0.2, -0.15) is 0 Å². The molecule has 0 radical (unpaired) electrons. The molecule has 4 aromatic rings. The highest BCUT2D eigenvalue weighted by molar-refractivity contribution is 6.99. The quantitative estimate of drug-likeness (QED) is 0.218. The molecular formula is C30H32Cl3NO2Si. The van der Waals surface area contributed by atoms with Crippen molar-refractivity contribution in [2.75, 3.05) is 6.61 Å². The molecule has 1 saturated heterocycles. The Kier molecular flexibility index (Phi) is 7.54. The van der Waals surface area contributed by atoms with Gasteiger partial charge in [-0.1, -0.05) is 116 Å². The van der Waals surface area contributed by atoms with Crippen LogP contribution in [0.15, 0.2) is 72.8 Å². The van der Waals surface area contributed by atoms with Crippen molar-refractivity contribution in [2.45, 2.75) is 57.9 Å². The molecule has 3 aromatic carbocycles. The predicted octanol–water partition coefficient (Wildman–Crippen LogP) is 8.16. The van der Waals surface area contributed by atoms with Gasteiger partial charge in [0.1, 0.15) is 11.4 Å². The lowest BCUT2D eigenvalue weighted by atomic mass is 10.2. The van der Waals surface area contributed by atoms with Gasteiger partial charge < -0.3 is 13.7 Å². The first-order valence-electron chi connectivity index (χ1n) is 12.7. The number of rotatable bonds is 6. The van der Waals surface area contributed by atoms with Gasteiger partial charge in [-0.05, 0) is 52.9 Å². The van der Waals surface area contributed by atoms with Crippen LogP contribution in [0.5, 0.6) is 0 Å². The predicted molar refractivity (Wildman–Crippen MR) is 158 cm³/mol. The van der Waals surface area contributed by atoms with Gasteiger partial charge in [0, 0.05) is 5.39 Å². The van der Waals surface area contributed by atoms with E-state index in [4.69, 9.17) is 44.0 Å². The highest BCUT2D eigenvalue weighted by Crippen LogP contribution is 2.42. The number of hydrogen-bond donors (Lipinski definition) is 0. The maximum absolute atomic E-state index is 7.13. The molecule has 3 nitrogen and oxygen atoms in total. The summed E-state index contributed by atoms with van der Waals surface area (Å²) >= 11 is 19.5. The SMILES string of the molecule is Cc1c(Cl)n([C@H]2CC[C@@H](CO[Si](c3ccccc3)(c3ccccc3)C(C)(C)C)O2)c2cc(Cl)c(Cl)cc12. The average molecular weight is 573 g/mol. The van der Waals surface area contributed by atoms with Gasteiger partial charge in [0.25, 0.3) is 8.32 Å². The standard InChI is InChI=1S/C30H32Cl3NO2Si/c1-20-24-17-25(31)26(32)18-27(24)34(29(20)33)28-16-15-21(36-28)19-35-37(30(2,3)4,22-11-7-5-8-12-22)23-13-9-6-10-14-23/h5-14,17-18,21,28H,15-16,19H2,1-4H3/t21-,28+/m0/s1. The summed E-state index contributed by atoms with van der Waals surface area (Å²) in [7, 11) is -2.63. The molecule has 0 aliphatic carbocycles. The smallest absolute Gasteiger partial charge is 0.261 e. The Bertz CT molecular complexity index is 1360. The molecule has 5 rings (SSSR count). The molecule has 0 bridgehead atoms. The van der Waals surface area contributed by atoms with Crippen molar-refractivity contribution in [3.63, 3.8) is 0 Å². The van der Waals surface area contributed by atoms with Gasteiger partial charge in [0.2, 0.25) is 0 Å².